The van der Waals surface area contributed by atoms with Crippen LogP contribution in [0.1, 0.15) is 38.9 Å². The normalized spacial score (nSPS) is 16.7. The summed E-state index contributed by atoms with van der Waals surface area (Å²) in [5, 5.41) is 7.74. The Hall–Kier alpha value is -4.28. The summed E-state index contributed by atoms with van der Waals surface area (Å²) >= 11 is 6.43. The predicted molar refractivity (Wildman–Crippen MR) is 156 cm³/mol. The molecule has 1 aliphatic carbocycles. The van der Waals surface area contributed by atoms with Gasteiger partial charge in [-0.2, -0.15) is 5.10 Å². The van der Waals surface area contributed by atoms with Crippen molar-refractivity contribution in [3.63, 3.8) is 0 Å². The Morgan fingerprint density at radius 3 is 2.61 bits per heavy atom. The molecule has 0 bridgehead atoms. The van der Waals surface area contributed by atoms with Crippen molar-refractivity contribution in [1.82, 2.24) is 19.7 Å². The highest BCUT2D eigenvalue weighted by Crippen LogP contribution is 2.38. The van der Waals surface area contributed by atoms with Crippen LogP contribution < -0.4 is 16.0 Å². The maximum Gasteiger partial charge on any atom is 0.269 e. The maximum atomic E-state index is 13.7. The van der Waals surface area contributed by atoms with Gasteiger partial charge >= 0.3 is 0 Å². The smallest absolute Gasteiger partial charge is 0.269 e. The zero-order valence-corrected chi connectivity index (χ0v) is 23.5. The molecule has 1 atom stereocenters. The number of nitrogens with zero attached hydrogens (tertiary/aromatic N) is 5. The molecule has 0 spiro atoms. The first-order valence-corrected chi connectivity index (χ1v) is 13.8. The van der Waals surface area contributed by atoms with Gasteiger partial charge in [-0.3, -0.25) is 9.59 Å². The Labute approximate surface area is 241 Å². The van der Waals surface area contributed by atoms with Crippen LogP contribution in [0.5, 0.6) is 0 Å². The van der Waals surface area contributed by atoms with Crippen molar-refractivity contribution in [2.24, 2.45) is 5.73 Å². The van der Waals surface area contributed by atoms with Crippen LogP contribution in [0, 0.1) is 5.82 Å². The number of halogens is 2. The van der Waals surface area contributed by atoms with E-state index in [0.29, 0.717) is 47.3 Å². The van der Waals surface area contributed by atoms with E-state index in [1.807, 2.05) is 18.2 Å². The van der Waals surface area contributed by atoms with Gasteiger partial charge in [-0.15, -0.1) is 0 Å². The monoisotopic (exact) mass is 573 g/mol. The van der Waals surface area contributed by atoms with Crippen molar-refractivity contribution >= 4 is 34.9 Å². The second-order valence-electron chi connectivity index (χ2n) is 10.6. The van der Waals surface area contributed by atoms with Crippen LogP contribution in [0.3, 0.4) is 0 Å². The molecule has 1 saturated heterocycles. The molecular formula is C30H29ClFN7O2. The van der Waals surface area contributed by atoms with E-state index in [4.69, 9.17) is 17.3 Å². The Morgan fingerprint density at radius 2 is 1.88 bits per heavy atom. The van der Waals surface area contributed by atoms with E-state index >= 15 is 0 Å². The zero-order valence-electron chi connectivity index (χ0n) is 22.7. The molecule has 0 saturated carbocycles. The lowest BCUT2D eigenvalue weighted by molar-refractivity contribution is 0.0992. The van der Waals surface area contributed by atoms with Gasteiger partial charge in [0.1, 0.15) is 11.6 Å². The maximum absolute atomic E-state index is 13.7. The average Bonchev–Trinajstić information content (AvgIpc) is 3.36. The number of piperazine rings is 1. The molecule has 11 heteroatoms. The average molecular weight is 574 g/mol. The highest BCUT2D eigenvalue weighted by atomic mass is 35.5. The van der Waals surface area contributed by atoms with Gasteiger partial charge in [0.05, 0.1) is 22.0 Å². The number of fused-ring (bicyclic) bond motifs is 3. The molecule has 0 radical (unpaired) electrons. The van der Waals surface area contributed by atoms with E-state index in [-0.39, 0.29) is 22.4 Å². The number of primary amides is 1. The molecular weight excluding hydrogens is 545 g/mol. The lowest BCUT2D eigenvalue weighted by atomic mass is 9.88. The molecule has 9 nitrogen and oxygen atoms in total. The standard InChI is InChI=1S/C30H29ClFN7O2/c1-17-16-38(12-11-37(17)2)26-14-24(25(31)15-34-26)30(41)35-20-7-3-18-4-10-22-27(29(33)40)36-39(28(22)23(18)13-20)21-8-5-19(32)6-9-21/h3,5-9,13-15,17H,4,10-12,16H2,1-2H3,(H2,33,40)(H,35,41)/t17-/m1/s1. The Bertz CT molecular complexity index is 1670. The topological polar surface area (TPSA) is 109 Å². The largest absolute Gasteiger partial charge is 0.364 e. The summed E-state index contributed by atoms with van der Waals surface area (Å²) in [6, 6.07) is 13.6. The minimum atomic E-state index is -0.632. The lowest BCUT2D eigenvalue weighted by Gasteiger charge is -2.38. The number of hydrogen-bond acceptors (Lipinski definition) is 6. The van der Waals surface area contributed by atoms with Gasteiger partial charge in [0.15, 0.2) is 5.69 Å². The Kier molecular flexibility index (Phi) is 6.96. The van der Waals surface area contributed by atoms with E-state index in [1.54, 1.807) is 22.9 Å². The van der Waals surface area contributed by atoms with E-state index < -0.39 is 5.91 Å². The number of hydrogen-bond donors (Lipinski definition) is 2. The summed E-state index contributed by atoms with van der Waals surface area (Å²) in [7, 11) is 2.10. The summed E-state index contributed by atoms with van der Waals surface area (Å²) < 4.78 is 15.3. The molecule has 2 amide bonds. The number of pyridine rings is 1. The third kappa shape index (κ3) is 5.05. The van der Waals surface area contributed by atoms with Gasteiger partial charge in [0, 0.05) is 48.7 Å². The Balaban J connectivity index is 1.34. The lowest BCUT2D eigenvalue weighted by Crippen LogP contribution is -2.50. The van der Waals surface area contributed by atoms with E-state index in [0.717, 1.165) is 36.3 Å². The number of aryl methyl sites for hydroxylation is 1. The third-order valence-corrected chi connectivity index (χ3v) is 8.23. The number of carbonyl (C=O) groups is 2. The minimum absolute atomic E-state index is 0.179. The van der Waals surface area contributed by atoms with Crippen LogP contribution in [0.4, 0.5) is 15.9 Å². The fourth-order valence-corrected chi connectivity index (χ4v) is 5.70. The van der Waals surface area contributed by atoms with Gasteiger partial charge in [-0.1, -0.05) is 17.7 Å². The SMILES string of the molecule is C[C@@H]1CN(c2cc(C(=O)Nc3ccc4c(c3)-c3c(c(C(N)=O)nn3-c3ccc(F)cc3)CC4)c(Cl)cn2)CCN1C. The second-order valence-corrected chi connectivity index (χ2v) is 11.0. The number of rotatable bonds is 5. The van der Waals surface area contributed by atoms with Crippen molar-refractivity contribution in [3.8, 4) is 16.9 Å². The van der Waals surface area contributed by atoms with E-state index in [2.05, 4.69) is 39.2 Å². The fraction of sp³-hybridized carbons (Fsp3) is 0.267. The molecule has 2 aromatic heterocycles. The van der Waals surface area contributed by atoms with Gasteiger partial charge in [-0.25, -0.2) is 14.1 Å². The summed E-state index contributed by atoms with van der Waals surface area (Å²) in [6.07, 6.45) is 2.77. The number of nitrogens with one attached hydrogen (secondary N) is 1. The molecule has 1 fully saturated rings. The third-order valence-electron chi connectivity index (χ3n) is 7.92. The van der Waals surface area contributed by atoms with Gasteiger partial charge in [-0.05, 0) is 74.8 Å². The van der Waals surface area contributed by atoms with Crippen LogP contribution in [0.25, 0.3) is 16.9 Å². The summed E-state index contributed by atoms with van der Waals surface area (Å²) in [4.78, 5) is 34.6. The van der Waals surface area contributed by atoms with Crippen LogP contribution in [-0.2, 0) is 12.8 Å². The van der Waals surface area contributed by atoms with Gasteiger partial charge < -0.3 is 20.9 Å². The van der Waals surface area contributed by atoms with E-state index in [1.165, 1.54) is 18.3 Å². The van der Waals surface area contributed by atoms with Crippen molar-refractivity contribution in [3.05, 3.63) is 88.0 Å². The quantitative estimate of drug-likeness (QED) is 0.368. The Morgan fingerprint density at radius 1 is 1.10 bits per heavy atom. The first-order valence-electron chi connectivity index (χ1n) is 13.4. The predicted octanol–water partition coefficient (Wildman–Crippen LogP) is 4.32. The van der Waals surface area contributed by atoms with Crippen molar-refractivity contribution in [2.45, 2.75) is 25.8 Å². The number of nitrogens with two attached hydrogens (primary N) is 1. The first-order chi connectivity index (χ1) is 19.7. The highest BCUT2D eigenvalue weighted by molar-refractivity contribution is 6.34. The first kappa shape index (κ1) is 26.9. The molecule has 41 heavy (non-hydrogen) atoms. The van der Waals surface area contributed by atoms with Crippen LogP contribution in [0.15, 0.2) is 54.7 Å². The molecule has 4 aromatic rings. The number of aromatic nitrogens is 3. The van der Waals surface area contributed by atoms with Crippen LogP contribution in [-0.4, -0.2) is 64.2 Å². The highest BCUT2D eigenvalue weighted by Gasteiger charge is 2.29. The molecule has 0 unspecified atom stereocenters. The summed E-state index contributed by atoms with van der Waals surface area (Å²) in [6.45, 7) is 4.66. The van der Waals surface area contributed by atoms with Gasteiger partial charge in [0.2, 0.25) is 0 Å². The minimum Gasteiger partial charge on any atom is -0.364 e. The van der Waals surface area contributed by atoms with Crippen LogP contribution >= 0.6 is 11.6 Å². The number of likely N-dealkylation sites (N-methyl/N-ethyl adjacent to an activating group) is 1. The van der Waals surface area contributed by atoms with Crippen molar-refractivity contribution in [2.75, 3.05) is 36.9 Å². The van der Waals surface area contributed by atoms with E-state index in [9.17, 15) is 14.0 Å². The molecule has 3 N–H and O–H groups in total. The molecule has 210 valence electrons. The molecule has 3 heterocycles. The molecule has 6 rings (SSSR count). The number of carbonyl (C=O) groups excluding carboxylic acids is 2. The number of amides is 2. The molecule has 2 aromatic carbocycles. The zero-order chi connectivity index (χ0) is 28.8. The molecule has 1 aliphatic heterocycles. The van der Waals surface area contributed by atoms with Crippen molar-refractivity contribution < 1.29 is 14.0 Å². The summed E-state index contributed by atoms with van der Waals surface area (Å²) in [5.74, 6) is -0.665. The van der Waals surface area contributed by atoms with Crippen LogP contribution in [0.2, 0.25) is 5.02 Å². The molecule has 2 aliphatic rings. The number of anilines is 2. The van der Waals surface area contributed by atoms with Gasteiger partial charge in [0.25, 0.3) is 11.8 Å². The second kappa shape index (κ2) is 10.6. The summed E-state index contributed by atoms with van der Waals surface area (Å²) in [5.41, 5.74) is 10.6. The van der Waals surface area contributed by atoms with Crippen molar-refractivity contribution in [1.29, 1.82) is 0 Å². The number of benzene rings is 2. The fourth-order valence-electron chi connectivity index (χ4n) is 5.51.